The lowest BCUT2D eigenvalue weighted by Crippen LogP contribution is -2.19. The summed E-state index contributed by atoms with van der Waals surface area (Å²) < 4.78 is 10.1. The van der Waals surface area contributed by atoms with Crippen molar-refractivity contribution in [3.05, 3.63) is 12.2 Å². The zero-order chi connectivity index (χ0) is 9.84. The molecule has 0 aliphatic carbocycles. The largest absolute Gasteiger partial charge is 0.466 e. The molecule has 1 fully saturated rings. The molecule has 2 atom stereocenters. The lowest BCUT2D eigenvalue weighted by Gasteiger charge is -2.12. The fourth-order valence-corrected chi connectivity index (χ4v) is 1.81. The summed E-state index contributed by atoms with van der Waals surface area (Å²) in [4.78, 5) is 11.1. The second-order valence-corrected chi connectivity index (χ2v) is 3.64. The Morgan fingerprint density at radius 3 is 2.85 bits per heavy atom. The maximum Gasteiger partial charge on any atom is 0.335 e. The van der Waals surface area contributed by atoms with Crippen LogP contribution in [0, 0.1) is 0 Å². The third-order valence-electron chi connectivity index (χ3n) is 2.12. The second-order valence-electron chi connectivity index (χ2n) is 3.00. The Labute approximate surface area is 86.2 Å². The van der Waals surface area contributed by atoms with Crippen molar-refractivity contribution in [3.8, 4) is 0 Å². The van der Waals surface area contributed by atoms with Crippen LogP contribution in [0.25, 0.3) is 0 Å². The van der Waals surface area contributed by atoms with Gasteiger partial charge in [-0.2, -0.15) is 0 Å². The van der Waals surface area contributed by atoms with Gasteiger partial charge in [-0.05, 0) is 12.8 Å². The Balaban J connectivity index is 2.46. The molecule has 0 aromatic rings. The number of esters is 1. The molecule has 0 aromatic carbocycles. The number of methoxy groups -OCH3 is 1. The van der Waals surface area contributed by atoms with Gasteiger partial charge in [0.15, 0.2) is 0 Å². The summed E-state index contributed by atoms with van der Waals surface area (Å²) in [6.07, 6.45) is 1.86. The minimum Gasteiger partial charge on any atom is -0.466 e. The summed E-state index contributed by atoms with van der Waals surface area (Å²) in [5, 5.41) is 0.804. The van der Waals surface area contributed by atoms with Crippen molar-refractivity contribution in [1.29, 1.82) is 0 Å². The van der Waals surface area contributed by atoms with E-state index < -0.39 is 0 Å². The van der Waals surface area contributed by atoms with Crippen LogP contribution in [0.3, 0.4) is 0 Å². The van der Waals surface area contributed by atoms with Gasteiger partial charge in [-0.25, -0.2) is 4.79 Å². The van der Waals surface area contributed by atoms with Gasteiger partial charge in [-0.15, -0.1) is 0 Å². The van der Waals surface area contributed by atoms with E-state index >= 15 is 0 Å². The zero-order valence-corrected chi connectivity index (χ0v) is 9.17. The summed E-state index contributed by atoms with van der Waals surface area (Å²) in [5.41, 5.74) is 0.422. The van der Waals surface area contributed by atoms with Crippen molar-refractivity contribution in [1.82, 2.24) is 0 Å². The first-order valence-corrected chi connectivity index (χ1v) is 5.29. The van der Waals surface area contributed by atoms with E-state index in [0.29, 0.717) is 5.57 Å². The van der Waals surface area contributed by atoms with Gasteiger partial charge in [0.2, 0.25) is 0 Å². The minimum absolute atomic E-state index is 0.157. The molecule has 0 amide bonds. The molecule has 1 saturated heterocycles. The smallest absolute Gasteiger partial charge is 0.335 e. The fraction of sp³-hybridized carbons (Fsp3) is 0.667. The Kier molecular flexibility index (Phi) is 3.93. The Morgan fingerprint density at radius 2 is 2.38 bits per heavy atom. The van der Waals surface area contributed by atoms with Crippen LogP contribution in [0.5, 0.6) is 0 Å². The highest BCUT2D eigenvalue weighted by Gasteiger charge is 2.29. The molecule has 13 heavy (non-hydrogen) atoms. The molecular formula is C9H13BrO3. The zero-order valence-electron chi connectivity index (χ0n) is 7.59. The molecule has 3 nitrogen and oxygen atoms in total. The topological polar surface area (TPSA) is 35.5 Å². The van der Waals surface area contributed by atoms with Gasteiger partial charge >= 0.3 is 5.97 Å². The van der Waals surface area contributed by atoms with Gasteiger partial charge in [-0.3, -0.25) is 0 Å². The van der Waals surface area contributed by atoms with Gasteiger partial charge in [0.25, 0.3) is 0 Å². The highest BCUT2D eigenvalue weighted by Crippen LogP contribution is 2.25. The Hall–Kier alpha value is -0.350. The monoisotopic (exact) mass is 248 g/mol. The standard InChI is InChI=1S/C9H13BrO3/c1-6(9(11)12-2)8-4-3-7(5-10)13-8/h7-8H,1,3-5H2,2H3. The molecule has 0 spiro atoms. The van der Waals surface area contributed by atoms with Gasteiger partial charge in [0.05, 0.1) is 24.9 Å². The molecule has 74 valence electrons. The summed E-state index contributed by atoms with van der Waals surface area (Å²) in [5.74, 6) is -0.375. The van der Waals surface area contributed by atoms with E-state index in [-0.39, 0.29) is 18.2 Å². The van der Waals surface area contributed by atoms with E-state index in [0.717, 1.165) is 18.2 Å². The minimum atomic E-state index is -0.375. The average molecular weight is 249 g/mol. The first kappa shape index (κ1) is 10.7. The molecule has 1 heterocycles. The number of carbonyl (C=O) groups excluding carboxylic acids is 1. The number of carbonyl (C=O) groups is 1. The van der Waals surface area contributed by atoms with Crippen LogP contribution in [0.15, 0.2) is 12.2 Å². The van der Waals surface area contributed by atoms with Crippen molar-refractivity contribution in [2.24, 2.45) is 0 Å². The number of halogens is 1. The Morgan fingerprint density at radius 1 is 1.69 bits per heavy atom. The second kappa shape index (κ2) is 4.77. The molecule has 0 saturated carbocycles. The Bertz CT molecular complexity index is 215. The predicted octanol–water partition coefficient (Wildman–Crippen LogP) is 1.66. The van der Waals surface area contributed by atoms with Crippen LogP contribution in [0.4, 0.5) is 0 Å². The van der Waals surface area contributed by atoms with Crippen molar-refractivity contribution < 1.29 is 14.3 Å². The van der Waals surface area contributed by atoms with E-state index in [1.807, 2.05) is 0 Å². The highest BCUT2D eigenvalue weighted by molar-refractivity contribution is 9.09. The fourth-order valence-electron chi connectivity index (χ4n) is 1.34. The summed E-state index contributed by atoms with van der Waals surface area (Å²) in [6, 6.07) is 0. The molecule has 2 unspecified atom stereocenters. The van der Waals surface area contributed by atoms with Crippen LogP contribution in [0.2, 0.25) is 0 Å². The normalized spacial score (nSPS) is 27.2. The molecule has 0 N–H and O–H groups in total. The molecule has 1 aliphatic heterocycles. The van der Waals surface area contributed by atoms with Crippen LogP contribution in [-0.4, -0.2) is 30.6 Å². The summed E-state index contributed by atoms with van der Waals surface area (Å²) in [6.45, 7) is 3.66. The van der Waals surface area contributed by atoms with Crippen LogP contribution < -0.4 is 0 Å². The van der Waals surface area contributed by atoms with E-state index in [9.17, 15) is 4.79 Å². The molecular weight excluding hydrogens is 236 g/mol. The lowest BCUT2D eigenvalue weighted by molar-refractivity contribution is -0.137. The number of hydrogen-bond acceptors (Lipinski definition) is 3. The van der Waals surface area contributed by atoms with Crippen LogP contribution >= 0.6 is 15.9 Å². The molecule has 4 heteroatoms. The number of ether oxygens (including phenoxy) is 2. The van der Waals surface area contributed by atoms with Gasteiger partial charge in [0, 0.05) is 5.33 Å². The quantitative estimate of drug-likeness (QED) is 0.433. The van der Waals surface area contributed by atoms with E-state index in [4.69, 9.17) is 4.74 Å². The van der Waals surface area contributed by atoms with Crippen molar-refractivity contribution in [2.45, 2.75) is 25.0 Å². The third-order valence-corrected chi connectivity index (χ3v) is 2.84. The van der Waals surface area contributed by atoms with E-state index in [2.05, 4.69) is 27.2 Å². The predicted molar refractivity (Wildman–Crippen MR) is 52.8 cm³/mol. The van der Waals surface area contributed by atoms with Crippen LogP contribution in [-0.2, 0) is 14.3 Å². The van der Waals surface area contributed by atoms with Crippen molar-refractivity contribution >= 4 is 21.9 Å². The average Bonchev–Trinajstić information content (AvgIpc) is 2.63. The van der Waals surface area contributed by atoms with E-state index in [1.165, 1.54) is 7.11 Å². The van der Waals surface area contributed by atoms with Gasteiger partial charge in [-0.1, -0.05) is 22.5 Å². The number of alkyl halides is 1. The molecule has 0 radical (unpaired) electrons. The molecule has 0 bridgehead atoms. The van der Waals surface area contributed by atoms with Crippen molar-refractivity contribution in [3.63, 3.8) is 0 Å². The number of hydrogen-bond donors (Lipinski definition) is 0. The van der Waals surface area contributed by atoms with Crippen LogP contribution in [0.1, 0.15) is 12.8 Å². The summed E-state index contributed by atoms with van der Waals surface area (Å²) in [7, 11) is 1.35. The molecule has 1 rings (SSSR count). The van der Waals surface area contributed by atoms with E-state index in [1.54, 1.807) is 0 Å². The molecule has 0 aromatic heterocycles. The van der Waals surface area contributed by atoms with Gasteiger partial charge in [0.1, 0.15) is 0 Å². The first-order valence-electron chi connectivity index (χ1n) is 4.17. The maximum atomic E-state index is 11.1. The molecule has 1 aliphatic rings. The highest BCUT2D eigenvalue weighted by atomic mass is 79.9. The SMILES string of the molecule is C=C(C(=O)OC)C1CCC(CBr)O1. The van der Waals surface area contributed by atoms with Crippen molar-refractivity contribution in [2.75, 3.05) is 12.4 Å². The maximum absolute atomic E-state index is 11.1. The number of rotatable bonds is 3. The summed E-state index contributed by atoms with van der Waals surface area (Å²) >= 11 is 3.34. The lowest BCUT2D eigenvalue weighted by atomic mass is 10.1. The first-order chi connectivity index (χ1) is 6.19. The third kappa shape index (κ3) is 2.54. The van der Waals surface area contributed by atoms with Gasteiger partial charge < -0.3 is 9.47 Å².